The van der Waals surface area contributed by atoms with Crippen molar-refractivity contribution in [3.8, 4) is 0 Å². The molecule has 4 N–H and O–H groups in total. The number of nitrogens with zero attached hydrogens (tertiary/aromatic N) is 5. The molecule has 1 unspecified atom stereocenters. The lowest BCUT2D eigenvalue weighted by Crippen LogP contribution is -2.57. The standard InChI is InChI=1S/C34H42N6O4/c35-32(36-44)30-12-7-13-31(20-30)40-25-29(23-38(34(42)43)19-16-26-8-3-1-4-9-26)24-39(33(40)41)22-28-14-17-37(18-15-28)21-27-10-5-2-6-11-27/h1-13,20,28-29,44H,14-19,21-25H2,(H2,35,36)(H,42,43). The number of anilines is 1. The van der Waals surface area contributed by atoms with Gasteiger partial charge in [0.1, 0.15) is 0 Å². The van der Waals surface area contributed by atoms with Crippen molar-refractivity contribution in [3.05, 3.63) is 102 Å². The lowest BCUT2D eigenvalue weighted by molar-refractivity contribution is 0.112. The fourth-order valence-electron chi connectivity index (χ4n) is 6.30. The molecule has 0 bridgehead atoms. The van der Waals surface area contributed by atoms with E-state index >= 15 is 0 Å². The van der Waals surface area contributed by atoms with Crippen LogP contribution in [0.25, 0.3) is 0 Å². The summed E-state index contributed by atoms with van der Waals surface area (Å²) in [5.41, 5.74) is 9.39. The molecule has 0 aromatic heterocycles. The van der Waals surface area contributed by atoms with Crippen molar-refractivity contribution in [1.29, 1.82) is 0 Å². The zero-order valence-corrected chi connectivity index (χ0v) is 25.0. The van der Waals surface area contributed by atoms with Crippen molar-refractivity contribution in [2.75, 3.05) is 50.7 Å². The number of amides is 3. The van der Waals surface area contributed by atoms with Gasteiger partial charge in [-0.25, -0.2) is 9.59 Å². The van der Waals surface area contributed by atoms with E-state index in [-0.39, 0.29) is 17.8 Å². The van der Waals surface area contributed by atoms with Gasteiger partial charge in [0.05, 0.1) is 0 Å². The zero-order chi connectivity index (χ0) is 30.9. The lowest BCUT2D eigenvalue weighted by atomic mass is 9.94. The Morgan fingerprint density at radius 2 is 1.59 bits per heavy atom. The van der Waals surface area contributed by atoms with E-state index in [1.54, 1.807) is 23.1 Å². The van der Waals surface area contributed by atoms with Gasteiger partial charge in [0.15, 0.2) is 5.84 Å². The maximum absolute atomic E-state index is 13.9. The lowest BCUT2D eigenvalue weighted by Gasteiger charge is -2.43. The first-order valence-corrected chi connectivity index (χ1v) is 15.3. The number of hydrogen-bond acceptors (Lipinski definition) is 5. The summed E-state index contributed by atoms with van der Waals surface area (Å²) in [7, 11) is 0. The van der Waals surface area contributed by atoms with E-state index in [4.69, 9.17) is 5.73 Å². The van der Waals surface area contributed by atoms with Crippen LogP contribution in [0.4, 0.5) is 15.3 Å². The molecule has 2 fully saturated rings. The molecule has 0 radical (unpaired) electrons. The minimum Gasteiger partial charge on any atom is -0.465 e. The molecule has 0 spiro atoms. The molecule has 5 rings (SSSR count). The Bertz CT molecular complexity index is 1410. The monoisotopic (exact) mass is 598 g/mol. The van der Waals surface area contributed by atoms with Gasteiger partial charge in [0, 0.05) is 56.4 Å². The average Bonchev–Trinajstić information content (AvgIpc) is 3.05. The molecule has 10 heteroatoms. The highest BCUT2D eigenvalue weighted by atomic mass is 16.4. The number of urea groups is 1. The Labute approximate surface area is 259 Å². The van der Waals surface area contributed by atoms with Crippen LogP contribution in [-0.2, 0) is 13.0 Å². The van der Waals surface area contributed by atoms with Crippen LogP contribution in [0.3, 0.4) is 0 Å². The number of carbonyl (C=O) groups excluding carboxylic acids is 1. The van der Waals surface area contributed by atoms with Crippen LogP contribution in [0.2, 0.25) is 0 Å². The third-order valence-electron chi connectivity index (χ3n) is 8.68. The molecule has 3 amide bonds. The second-order valence-electron chi connectivity index (χ2n) is 11.9. The van der Waals surface area contributed by atoms with E-state index in [1.165, 1.54) is 10.5 Å². The molecule has 44 heavy (non-hydrogen) atoms. The Balaban J connectivity index is 1.29. The van der Waals surface area contributed by atoms with Gasteiger partial charge in [-0.1, -0.05) is 78.0 Å². The maximum Gasteiger partial charge on any atom is 0.407 e. The molecule has 10 nitrogen and oxygen atoms in total. The number of oxime groups is 1. The van der Waals surface area contributed by atoms with Crippen LogP contribution in [0.15, 0.2) is 90.1 Å². The minimum absolute atomic E-state index is 0.0371. The zero-order valence-electron chi connectivity index (χ0n) is 25.0. The number of likely N-dealkylation sites (tertiary alicyclic amines) is 1. The van der Waals surface area contributed by atoms with Gasteiger partial charge in [-0.2, -0.15) is 0 Å². The molecule has 1 atom stereocenters. The molecule has 3 aromatic carbocycles. The molecule has 0 aliphatic carbocycles. The van der Waals surface area contributed by atoms with Gasteiger partial charge < -0.3 is 25.8 Å². The predicted molar refractivity (Wildman–Crippen MR) is 171 cm³/mol. The molecule has 3 aromatic rings. The normalized spacial score (nSPS) is 18.4. The number of carboxylic acid groups (broad SMARTS) is 1. The number of piperidine rings is 1. The number of hydrogen-bond donors (Lipinski definition) is 3. The smallest absolute Gasteiger partial charge is 0.407 e. The van der Waals surface area contributed by atoms with Crippen LogP contribution in [0.1, 0.15) is 29.5 Å². The van der Waals surface area contributed by atoms with Crippen molar-refractivity contribution in [2.45, 2.75) is 25.8 Å². The topological polar surface area (TPSA) is 126 Å². The van der Waals surface area contributed by atoms with Gasteiger partial charge in [-0.3, -0.25) is 9.80 Å². The number of nitrogens with two attached hydrogens (primary N) is 1. The minimum atomic E-state index is -0.962. The maximum atomic E-state index is 13.9. The highest BCUT2D eigenvalue weighted by molar-refractivity contribution is 5.99. The Morgan fingerprint density at radius 1 is 0.909 bits per heavy atom. The Morgan fingerprint density at radius 3 is 2.25 bits per heavy atom. The van der Waals surface area contributed by atoms with Crippen molar-refractivity contribution >= 4 is 23.6 Å². The van der Waals surface area contributed by atoms with Crippen LogP contribution in [0, 0.1) is 11.8 Å². The number of benzene rings is 3. The van der Waals surface area contributed by atoms with E-state index < -0.39 is 6.09 Å². The van der Waals surface area contributed by atoms with Crippen molar-refractivity contribution in [1.82, 2.24) is 14.7 Å². The van der Waals surface area contributed by atoms with Crippen LogP contribution in [0.5, 0.6) is 0 Å². The summed E-state index contributed by atoms with van der Waals surface area (Å²) in [5, 5.41) is 22.4. The fourth-order valence-corrected chi connectivity index (χ4v) is 6.30. The quantitative estimate of drug-likeness (QED) is 0.126. The molecule has 2 aliphatic heterocycles. The third kappa shape index (κ3) is 8.08. The van der Waals surface area contributed by atoms with Gasteiger partial charge in [0.25, 0.3) is 0 Å². The number of amidine groups is 1. The average molecular weight is 599 g/mol. The van der Waals surface area contributed by atoms with E-state index in [1.807, 2.05) is 47.4 Å². The summed E-state index contributed by atoms with van der Waals surface area (Å²) in [5.74, 6) is 0.235. The van der Waals surface area contributed by atoms with Gasteiger partial charge >= 0.3 is 12.1 Å². The Kier molecular flexibility index (Phi) is 10.3. The van der Waals surface area contributed by atoms with Crippen LogP contribution < -0.4 is 10.6 Å². The van der Waals surface area contributed by atoms with E-state index in [0.29, 0.717) is 56.3 Å². The first-order valence-electron chi connectivity index (χ1n) is 15.3. The molecule has 232 valence electrons. The van der Waals surface area contributed by atoms with Crippen molar-refractivity contribution in [2.24, 2.45) is 22.7 Å². The largest absolute Gasteiger partial charge is 0.465 e. The van der Waals surface area contributed by atoms with E-state index in [2.05, 4.69) is 34.3 Å². The van der Waals surface area contributed by atoms with E-state index in [0.717, 1.165) is 38.0 Å². The number of carbonyl (C=O) groups is 2. The predicted octanol–water partition coefficient (Wildman–Crippen LogP) is 4.77. The second-order valence-corrected chi connectivity index (χ2v) is 11.9. The van der Waals surface area contributed by atoms with Crippen molar-refractivity contribution in [3.63, 3.8) is 0 Å². The fraction of sp³-hybridized carbons (Fsp3) is 0.382. The summed E-state index contributed by atoms with van der Waals surface area (Å²) in [6.45, 7) is 5.07. The second kappa shape index (κ2) is 14.7. The first-order chi connectivity index (χ1) is 21.4. The summed E-state index contributed by atoms with van der Waals surface area (Å²) in [6, 6.07) is 27.3. The van der Waals surface area contributed by atoms with Gasteiger partial charge in [-0.15, -0.1) is 0 Å². The third-order valence-corrected chi connectivity index (χ3v) is 8.68. The van der Waals surface area contributed by atoms with Crippen molar-refractivity contribution < 1.29 is 19.9 Å². The molecular formula is C34H42N6O4. The molecule has 2 saturated heterocycles. The summed E-state index contributed by atoms with van der Waals surface area (Å²) < 4.78 is 0. The molecule has 0 saturated carbocycles. The van der Waals surface area contributed by atoms with Crippen LogP contribution in [-0.4, -0.2) is 88.8 Å². The molecular weight excluding hydrogens is 556 g/mol. The molecule has 2 heterocycles. The SMILES string of the molecule is NC(=NO)c1cccc(N2CC(CN(CCc3ccccc3)C(=O)O)CN(CC3CCN(Cc4ccccc4)CC3)C2=O)c1. The van der Waals surface area contributed by atoms with E-state index in [9.17, 15) is 19.9 Å². The summed E-state index contributed by atoms with van der Waals surface area (Å²) in [6.07, 6.45) is 1.66. The first kappa shape index (κ1) is 30.9. The highest BCUT2D eigenvalue weighted by Gasteiger charge is 2.36. The highest BCUT2D eigenvalue weighted by Crippen LogP contribution is 2.27. The molecule has 2 aliphatic rings. The van der Waals surface area contributed by atoms with Gasteiger partial charge in [-0.05, 0) is 61.5 Å². The summed E-state index contributed by atoms with van der Waals surface area (Å²) in [4.78, 5) is 33.8. The number of rotatable bonds is 11. The summed E-state index contributed by atoms with van der Waals surface area (Å²) >= 11 is 0. The Hall–Kier alpha value is -4.57. The van der Waals surface area contributed by atoms with Crippen LogP contribution >= 0.6 is 0 Å². The van der Waals surface area contributed by atoms with Gasteiger partial charge in [0.2, 0.25) is 0 Å².